The number of rotatable bonds is 9. The molecule has 5 heteroatoms. The average Bonchev–Trinajstić information content (AvgIpc) is 2.21. The summed E-state index contributed by atoms with van der Waals surface area (Å²) in [6.45, 7) is 7.39. The molecule has 1 amide bonds. The van der Waals surface area contributed by atoms with Crippen LogP contribution < -0.4 is 10.6 Å². The molecule has 0 saturated heterocycles. The number of hydrogen-bond acceptors (Lipinski definition) is 4. The highest BCUT2D eigenvalue weighted by atomic mass is 16.3. The van der Waals surface area contributed by atoms with E-state index in [1.54, 1.807) is 0 Å². The van der Waals surface area contributed by atoms with Gasteiger partial charge < -0.3 is 10.6 Å². The van der Waals surface area contributed by atoms with Gasteiger partial charge >= 0.3 is 0 Å². The van der Waals surface area contributed by atoms with E-state index in [0.717, 1.165) is 25.9 Å². The Hall–Kier alpha value is -1.23. The third-order valence-electron chi connectivity index (χ3n) is 1.85. The monoisotopic (exact) mass is 213 g/mol. The molecule has 0 radical (unpaired) electrons. The summed E-state index contributed by atoms with van der Waals surface area (Å²) >= 11 is 0. The Morgan fingerprint density at radius 2 is 1.93 bits per heavy atom. The van der Waals surface area contributed by atoms with Gasteiger partial charge in [-0.3, -0.25) is 4.79 Å². The quantitative estimate of drug-likeness (QED) is 0.446. The zero-order valence-corrected chi connectivity index (χ0v) is 9.21. The predicted octanol–water partition coefficient (Wildman–Crippen LogP) is 1.16. The molecule has 0 aromatic carbocycles. The van der Waals surface area contributed by atoms with Crippen LogP contribution in [-0.2, 0) is 4.79 Å². The molecule has 86 valence electrons. The molecule has 0 aromatic heterocycles. The Bertz CT molecular complexity index is 217. The average molecular weight is 213 g/mol. The number of nitroso groups, excluding NO2 is 1. The lowest BCUT2D eigenvalue weighted by atomic mass is 10.2. The highest BCUT2D eigenvalue weighted by Gasteiger charge is 1.94. The second-order valence-electron chi connectivity index (χ2n) is 3.35. The van der Waals surface area contributed by atoms with Crippen molar-refractivity contribution in [1.82, 2.24) is 10.6 Å². The Balaban J connectivity index is 3.08. The Kier molecular flexibility index (Phi) is 8.56. The minimum Gasteiger partial charge on any atom is -0.356 e. The molecule has 5 nitrogen and oxygen atoms in total. The highest BCUT2D eigenvalue weighted by molar-refractivity contribution is 5.72. The minimum absolute atomic E-state index is 0.00311. The molecule has 0 aromatic rings. The van der Waals surface area contributed by atoms with E-state index in [0.29, 0.717) is 18.7 Å². The van der Waals surface area contributed by atoms with Gasteiger partial charge in [0, 0.05) is 13.5 Å². The maximum Gasteiger partial charge on any atom is 0.216 e. The van der Waals surface area contributed by atoms with E-state index < -0.39 is 0 Å². The van der Waals surface area contributed by atoms with E-state index in [1.807, 2.05) is 0 Å². The molecule has 0 fully saturated rings. The van der Waals surface area contributed by atoms with Crippen LogP contribution in [0.25, 0.3) is 0 Å². The van der Waals surface area contributed by atoms with Crippen molar-refractivity contribution < 1.29 is 4.79 Å². The van der Waals surface area contributed by atoms with E-state index >= 15 is 0 Å². The lowest BCUT2D eigenvalue weighted by Gasteiger charge is -2.04. The van der Waals surface area contributed by atoms with E-state index in [-0.39, 0.29) is 5.91 Å². The Morgan fingerprint density at radius 3 is 2.53 bits per heavy atom. The molecular formula is C10H19N3O2. The molecule has 0 aliphatic rings. The summed E-state index contributed by atoms with van der Waals surface area (Å²) in [6.07, 6.45) is 2.42. The van der Waals surface area contributed by atoms with Crippen molar-refractivity contribution >= 4 is 5.91 Å². The third kappa shape index (κ3) is 10.7. The second kappa shape index (κ2) is 9.33. The maximum absolute atomic E-state index is 10.5. The van der Waals surface area contributed by atoms with Gasteiger partial charge in [0.05, 0.1) is 5.70 Å². The molecule has 0 aliphatic carbocycles. The molecule has 0 saturated carbocycles. The molecular weight excluding hydrogens is 194 g/mol. The molecule has 2 N–H and O–H groups in total. The van der Waals surface area contributed by atoms with Gasteiger partial charge in [-0.2, -0.15) is 0 Å². The van der Waals surface area contributed by atoms with Gasteiger partial charge in [0.25, 0.3) is 0 Å². The van der Waals surface area contributed by atoms with Crippen molar-refractivity contribution in [2.45, 2.75) is 26.2 Å². The largest absolute Gasteiger partial charge is 0.356 e. The first-order valence-electron chi connectivity index (χ1n) is 5.13. The normalized spacial score (nSPS) is 9.67. The molecule has 0 aliphatic heterocycles. The number of carbonyl (C=O) groups is 1. The molecule has 0 heterocycles. The van der Waals surface area contributed by atoms with Gasteiger partial charge in [-0.15, -0.1) is 4.91 Å². The van der Waals surface area contributed by atoms with Crippen LogP contribution in [0.15, 0.2) is 17.5 Å². The van der Waals surface area contributed by atoms with Gasteiger partial charge in [-0.25, -0.2) is 0 Å². The summed E-state index contributed by atoms with van der Waals surface area (Å²) < 4.78 is 0. The number of amides is 1. The first kappa shape index (κ1) is 13.8. The van der Waals surface area contributed by atoms with Crippen molar-refractivity contribution in [1.29, 1.82) is 0 Å². The van der Waals surface area contributed by atoms with Crippen LogP contribution in [0.2, 0.25) is 0 Å². The van der Waals surface area contributed by atoms with Crippen molar-refractivity contribution in [3.63, 3.8) is 0 Å². The number of carbonyl (C=O) groups excluding carboxylic acids is 1. The zero-order valence-electron chi connectivity index (χ0n) is 9.21. The van der Waals surface area contributed by atoms with Gasteiger partial charge in [0.2, 0.25) is 5.91 Å². The van der Waals surface area contributed by atoms with Crippen LogP contribution in [0.1, 0.15) is 26.2 Å². The third-order valence-corrected chi connectivity index (χ3v) is 1.85. The fraction of sp³-hybridized carbons (Fsp3) is 0.700. The molecule has 0 spiro atoms. The lowest BCUT2D eigenvalue weighted by molar-refractivity contribution is -0.118. The zero-order chi connectivity index (χ0) is 11.5. The van der Waals surface area contributed by atoms with Crippen molar-refractivity contribution in [3.05, 3.63) is 17.2 Å². The topological polar surface area (TPSA) is 70.6 Å². The van der Waals surface area contributed by atoms with Gasteiger partial charge in [-0.05, 0) is 37.5 Å². The van der Waals surface area contributed by atoms with Crippen LogP contribution >= 0.6 is 0 Å². The fourth-order valence-electron chi connectivity index (χ4n) is 1.07. The first-order valence-corrected chi connectivity index (χ1v) is 5.13. The standard InChI is InChI=1S/C10H19N3O2/c1-9(13-15)5-3-6-11-7-4-8-12-10(2)14/h11H,1,3-8H2,2H3,(H,12,14). The van der Waals surface area contributed by atoms with E-state index in [2.05, 4.69) is 22.4 Å². The summed E-state index contributed by atoms with van der Waals surface area (Å²) in [6, 6.07) is 0. The van der Waals surface area contributed by atoms with Crippen LogP contribution in [0.4, 0.5) is 0 Å². The smallest absolute Gasteiger partial charge is 0.216 e. The predicted molar refractivity (Wildman–Crippen MR) is 60.3 cm³/mol. The number of nitrogens with zero attached hydrogens (tertiary/aromatic N) is 1. The van der Waals surface area contributed by atoms with Crippen LogP contribution in [0.3, 0.4) is 0 Å². The summed E-state index contributed by atoms with van der Waals surface area (Å²) in [5.74, 6) is 0.00311. The molecule has 0 unspecified atom stereocenters. The Morgan fingerprint density at radius 1 is 1.27 bits per heavy atom. The van der Waals surface area contributed by atoms with E-state index in [4.69, 9.17) is 0 Å². The molecule has 0 atom stereocenters. The van der Waals surface area contributed by atoms with Gasteiger partial charge in [-0.1, -0.05) is 6.58 Å². The van der Waals surface area contributed by atoms with E-state index in [9.17, 15) is 9.70 Å². The van der Waals surface area contributed by atoms with Crippen LogP contribution in [0, 0.1) is 4.91 Å². The van der Waals surface area contributed by atoms with Gasteiger partial charge in [0.1, 0.15) is 0 Å². The SMILES string of the molecule is C=C(CCCNCCCNC(C)=O)N=O. The van der Waals surface area contributed by atoms with E-state index in [1.165, 1.54) is 6.92 Å². The summed E-state index contributed by atoms with van der Waals surface area (Å²) in [7, 11) is 0. The summed E-state index contributed by atoms with van der Waals surface area (Å²) in [5.41, 5.74) is 0.398. The molecule has 15 heavy (non-hydrogen) atoms. The van der Waals surface area contributed by atoms with Gasteiger partial charge in [0.15, 0.2) is 0 Å². The minimum atomic E-state index is 0.00311. The first-order chi connectivity index (χ1) is 7.16. The van der Waals surface area contributed by atoms with Crippen LogP contribution in [-0.4, -0.2) is 25.5 Å². The van der Waals surface area contributed by atoms with Crippen LogP contribution in [0.5, 0.6) is 0 Å². The number of hydrogen-bond donors (Lipinski definition) is 2. The molecule has 0 rings (SSSR count). The highest BCUT2D eigenvalue weighted by Crippen LogP contribution is 2.01. The van der Waals surface area contributed by atoms with Crippen molar-refractivity contribution in [2.75, 3.05) is 19.6 Å². The molecule has 0 bridgehead atoms. The maximum atomic E-state index is 10.5. The number of nitrogens with one attached hydrogen (secondary N) is 2. The number of allylic oxidation sites excluding steroid dienone is 1. The summed E-state index contributed by atoms with van der Waals surface area (Å²) in [4.78, 5) is 20.5. The lowest BCUT2D eigenvalue weighted by Crippen LogP contribution is -2.25. The second-order valence-corrected chi connectivity index (χ2v) is 3.35. The van der Waals surface area contributed by atoms with Crippen molar-refractivity contribution in [3.8, 4) is 0 Å². The van der Waals surface area contributed by atoms with Crippen molar-refractivity contribution in [2.24, 2.45) is 5.18 Å². The Labute approximate surface area is 90.3 Å². The fourth-order valence-corrected chi connectivity index (χ4v) is 1.07. The summed E-state index contributed by atoms with van der Waals surface area (Å²) in [5, 5.41) is 8.65.